The van der Waals surface area contributed by atoms with Crippen molar-refractivity contribution in [1.82, 2.24) is 9.88 Å². The lowest BCUT2D eigenvalue weighted by atomic mass is 9.77. The molecule has 3 fully saturated rings. The fraction of sp³-hybridized carbons (Fsp3) is 0.538. The fourth-order valence-electron chi connectivity index (χ4n) is 2.99. The summed E-state index contributed by atoms with van der Waals surface area (Å²) >= 11 is 0. The van der Waals surface area contributed by atoms with E-state index in [-0.39, 0.29) is 18.1 Å². The summed E-state index contributed by atoms with van der Waals surface area (Å²) in [7, 11) is 1.73. The molecule has 1 amide bonds. The van der Waals surface area contributed by atoms with Gasteiger partial charge in [-0.1, -0.05) is 6.07 Å². The van der Waals surface area contributed by atoms with Crippen molar-refractivity contribution in [2.45, 2.75) is 37.5 Å². The Bertz CT molecular complexity index is 419. The molecule has 1 aliphatic carbocycles. The Labute approximate surface area is 101 Å². The van der Waals surface area contributed by atoms with Crippen LogP contribution in [0.4, 0.5) is 0 Å². The number of aromatic nitrogens is 1. The molecule has 4 nitrogen and oxygen atoms in total. The van der Waals surface area contributed by atoms with Crippen LogP contribution < -0.4 is 0 Å². The summed E-state index contributed by atoms with van der Waals surface area (Å²) in [6.45, 7) is 0. The molecule has 4 rings (SSSR count). The highest BCUT2D eigenvalue weighted by Gasteiger charge is 2.49. The summed E-state index contributed by atoms with van der Waals surface area (Å²) in [6, 6.07) is 6.11. The minimum absolute atomic E-state index is 0.0496. The van der Waals surface area contributed by atoms with E-state index in [0.717, 1.165) is 19.3 Å². The van der Waals surface area contributed by atoms with Crippen molar-refractivity contribution < 1.29 is 9.53 Å². The zero-order chi connectivity index (χ0) is 11.8. The quantitative estimate of drug-likeness (QED) is 0.775. The van der Waals surface area contributed by atoms with Gasteiger partial charge < -0.3 is 9.64 Å². The lowest BCUT2D eigenvalue weighted by Crippen LogP contribution is -2.66. The third kappa shape index (κ3) is 1.63. The number of hydrogen-bond acceptors (Lipinski definition) is 3. The van der Waals surface area contributed by atoms with Crippen molar-refractivity contribution in [3.05, 3.63) is 30.1 Å². The van der Waals surface area contributed by atoms with Gasteiger partial charge in [0, 0.05) is 19.3 Å². The molecular formula is C13H16N2O2. The van der Waals surface area contributed by atoms with Crippen LogP contribution in [0.2, 0.25) is 0 Å². The van der Waals surface area contributed by atoms with Crippen LogP contribution in [0.3, 0.4) is 0 Å². The number of carbonyl (C=O) groups excluding carboxylic acids is 1. The molecule has 0 radical (unpaired) electrons. The molecule has 90 valence electrons. The molecule has 1 aromatic rings. The lowest BCUT2D eigenvalue weighted by molar-refractivity contribution is -0.0958. The van der Waals surface area contributed by atoms with E-state index in [2.05, 4.69) is 4.98 Å². The summed E-state index contributed by atoms with van der Waals surface area (Å²) < 4.78 is 5.44. The van der Waals surface area contributed by atoms with Crippen molar-refractivity contribution in [1.29, 1.82) is 0 Å². The predicted octanol–water partition coefficient (Wildman–Crippen LogP) is 1.47. The number of amides is 1. The van der Waals surface area contributed by atoms with Gasteiger partial charge in [-0.25, -0.2) is 0 Å². The zero-order valence-electron chi connectivity index (χ0n) is 9.87. The van der Waals surface area contributed by atoms with Crippen molar-refractivity contribution >= 4 is 5.91 Å². The van der Waals surface area contributed by atoms with Crippen LogP contribution in [0.15, 0.2) is 24.4 Å². The Morgan fingerprint density at radius 3 is 3.00 bits per heavy atom. The SMILES string of the molecule is CO[C@@H]1CCC2CC1N2C(=O)c1ccccn1. The summed E-state index contributed by atoms with van der Waals surface area (Å²) in [5, 5.41) is 0. The lowest BCUT2D eigenvalue weighted by Gasteiger charge is -2.55. The Morgan fingerprint density at radius 1 is 1.47 bits per heavy atom. The first-order valence-electron chi connectivity index (χ1n) is 6.07. The summed E-state index contributed by atoms with van der Waals surface area (Å²) in [5.41, 5.74) is 0.541. The predicted molar refractivity (Wildman–Crippen MR) is 62.6 cm³/mol. The van der Waals surface area contributed by atoms with Gasteiger partial charge in [0.15, 0.2) is 0 Å². The van der Waals surface area contributed by atoms with E-state index in [1.807, 2.05) is 17.0 Å². The number of carbonyl (C=O) groups is 1. The normalized spacial score (nSPS) is 30.9. The van der Waals surface area contributed by atoms with E-state index in [0.29, 0.717) is 11.7 Å². The molecule has 2 aliphatic heterocycles. The molecule has 4 heteroatoms. The Balaban J connectivity index is 1.80. The van der Waals surface area contributed by atoms with Crippen molar-refractivity contribution in [2.24, 2.45) is 0 Å². The van der Waals surface area contributed by atoms with Crippen LogP contribution in [0.1, 0.15) is 29.8 Å². The number of fused-ring (bicyclic) bond motifs is 2. The molecule has 0 spiro atoms. The number of piperidine rings is 1. The highest BCUT2D eigenvalue weighted by Crippen LogP contribution is 2.40. The van der Waals surface area contributed by atoms with Gasteiger partial charge in [0.1, 0.15) is 5.69 Å². The zero-order valence-corrected chi connectivity index (χ0v) is 9.87. The van der Waals surface area contributed by atoms with Crippen molar-refractivity contribution in [3.8, 4) is 0 Å². The van der Waals surface area contributed by atoms with E-state index in [1.165, 1.54) is 0 Å². The monoisotopic (exact) mass is 232 g/mol. The summed E-state index contributed by atoms with van der Waals surface area (Å²) in [4.78, 5) is 18.4. The van der Waals surface area contributed by atoms with Gasteiger partial charge >= 0.3 is 0 Å². The van der Waals surface area contributed by atoms with Gasteiger partial charge in [-0.2, -0.15) is 0 Å². The Morgan fingerprint density at radius 2 is 2.35 bits per heavy atom. The Hall–Kier alpha value is -1.42. The van der Waals surface area contributed by atoms with Gasteiger partial charge in [0.05, 0.1) is 12.1 Å². The first-order valence-corrected chi connectivity index (χ1v) is 6.07. The van der Waals surface area contributed by atoms with E-state index < -0.39 is 0 Å². The molecule has 17 heavy (non-hydrogen) atoms. The van der Waals surface area contributed by atoms with Crippen molar-refractivity contribution in [3.63, 3.8) is 0 Å². The largest absolute Gasteiger partial charge is 0.379 e. The van der Waals surface area contributed by atoms with Gasteiger partial charge in [-0.15, -0.1) is 0 Å². The van der Waals surface area contributed by atoms with Gasteiger partial charge in [0.25, 0.3) is 5.91 Å². The molecule has 1 aromatic heterocycles. The smallest absolute Gasteiger partial charge is 0.273 e. The van der Waals surface area contributed by atoms with E-state index >= 15 is 0 Å². The van der Waals surface area contributed by atoms with Crippen LogP contribution >= 0.6 is 0 Å². The number of ether oxygens (including phenoxy) is 1. The van der Waals surface area contributed by atoms with Crippen LogP contribution in [0.5, 0.6) is 0 Å². The maximum atomic E-state index is 12.3. The molecule has 1 saturated carbocycles. The molecule has 2 saturated heterocycles. The maximum Gasteiger partial charge on any atom is 0.273 e. The molecule has 0 aromatic carbocycles. The minimum Gasteiger partial charge on any atom is -0.379 e. The molecule has 3 atom stereocenters. The fourth-order valence-corrected chi connectivity index (χ4v) is 2.99. The number of methoxy groups -OCH3 is 1. The molecule has 3 aliphatic rings. The average molecular weight is 232 g/mol. The first-order chi connectivity index (χ1) is 8.31. The van der Waals surface area contributed by atoms with Crippen LogP contribution in [0.25, 0.3) is 0 Å². The second-order valence-corrected chi connectivity index (χ2v) is 4.74. The number of nitrogens with zero attached hydrogens (tertiary/aromatic N) is 2. The number of pyridine rings is 1. The van der Waals surface area contributed by atoms with E-state index in [1.54, 1.807) is 19.4 Å². The second kappa shape index (κ2) is 4.11. The highest BCUT2D eigenvalue weighted by atomic mass is 16.5. The third-order valence-electron chi connectivity index (χ3n) is 3.90. The standard InChI is InChI=1S/C13H16N2O2/c1-17-12-6-5-9-8-11(12)15(9)13(16)10-4-2-3-7-14-10/h2-4,7,9,11-12H,5-6,8H2,1H3/t9?,11?,12-/m1/s1. The average Bonchev–Trinajstić information content (AvgIpc) is 2.39. The van der Waals surface area contributed by atoms with E-state index in [9.17, 15) is 4.79 Å². The number of hydrogen-bond donors (Lipinski definition) is 0. The van der Waals surface area contributed by atoms with Crippen LogP contribution in [0, 0.1) is 0 Å². The molecule has 3 heterocycles. The van der Waals surface area contributed by atoms with E-state index in [4.69, 9.17) is 4.74 Å². The molecule has 2 bridgehead atoms. The molecule has 0 N–H and O–H groups in total. The van der Waals surface area contributed by atoms with Gasteiger partial charge in [-0.3, -0.25) is 9.78 Å². The summed E-state index contributed by atoms with van der Waals surface area (Å²) in [6.07, 6.45) is 5.06. The topological polar surface area (TPSA) is 42.4 Å². The van der Waals surface area contributed by atoms with Crippen LogP contribution in [-0.4, -0.2) is 41.1 Å². The highest BCUT2D eigenvalue weighted by molar-refractivity contribution is 5.93. The molecular weight excluding hydrogens is 216 g/mol. The second-order valence-electron chi connectivity index (χ2n) is 4.74. The Kier molecular flexibility index (Phi) is 2.59. The van der Waals surface area contributed by atoms with Crippen molar-refractivity contribution in [2.75, 3.05) is 7.11 Å². The number of rotatable bonds is 2. The first kappa shape index (κ1) is 10.7. The summed E-state index contributed by atoms with van der Waals surface area (Å²) in [5.74, 6) is 0.0496. The maximum absolute atomic E-state index is 12.3. The minimum atomic E-state index is 0.0496. The van der Waals surface area contributed by atoms with Gasteiger partial charge in [-0.05, 0) is 31.4 Å². The van der Waals surface area contributed by atoms with Gasteiger partial charge in [0.2, 0.25) is 0 Å². The van der Waals surface area contributed by atoms with Crippen LogP contribution in [-0.2, 0) is 4.74 Å². The molecule has 2 unspecified atom stereocenters. The third-order valence-corrected chi connectivity index (χ3v) is 3.90.